The molecule has 0 aliphatic carbocycles. The van der Waals surface area contributed by atoms with Crippen LogP contribution in [0.2, 0.25) is 0 Å². The normalized spacial score (nSPS) is 15.5. The molecule has 1 aliphatic heterocycles. The predicted octanol–water partition coefficient (Wildman–Crippen LogP) is 3.32. The van der Waals surface area contributed by atoms with Crippen LogP contribution in [0.1, 0.15) is 33.6 Å². The van der Waals surface area contributed by atoms with Crippen molar-refractivity contribution in [3.05, 3.63) is 34.1 Å². The number of nitro benzene ring substituents is 1. The van der Waals surface area contributed by atoms with Gasteiger partial charge in [-0.2, -0.15) is 0 Å². The molecule has 26 heavy (non-hydrogen) atoms. The van der Waals surface area contributed by atoms with Crippen LogP contribution >= 0.6 is 0 Å². The third-order valence-corrected chi connectivity index (χ3v) is 3.94. The molecule has 1 aromatic carbocycles. The van der Waals surface area contributed by atoms with Gasteiger partial charge < -0.3 is 15.0 Å². The molecule has 1 fully saturated rings. The number of carbonyl (C=O) groups excluding carboxylic acids is 2. The Morgan fingerprint density at radius 1 is 1.31 bits per heavy atom. The maximum absolute atomic E-state index is 13.8. The number of anilines is 1. The molecule has 2 amide bonds. The predicted molar refractivity (Wildman–Crippen MR) is 92.2 cm³/mol. The number of ether oxygens (including phenoxy) is 1. The number of amides is 2. The lowest BCUT2D eigenvalue weighted by molar-refractivity contribution is -0.384. The highest BCUT2D eigenvalue weighted by Crippen LogP contribution is 2.25. The first-order chi connectivity index (χ1) is 12.1. The molecule has 0 saturated carbocycles. The topological polar surface area (TPSA) is 102 Å². The second-order valence-corrected chi connectivity index (χ2v) is 7.15. The standard InChI is InChI=1S/C17H22FN3O5/c1-17(2,3)26-16(23)20-8-6-11(7-9-20)15(22)19-14-10-12(21(24)25)4-5-13(14)18/h4-5,10-11H,6-9H2,1-3H3,(H,19,22). The number of nitro groups is 1. The third-order valence-electron chi connectivity index (χ3n) is 3.94. The molecule has 1 aliphatic rings. The molecule has 8 nitrogen and oxygen atoms in total. The van der Waals surface area contributed by atoms with Crippen LogP contribution < -0.4 is 5.32 Å². The summed E-state index contributed by atoms with van der Waals surface area (Å²) in [5.74, 6) is -1.57. The first-order valence-corrected chi connectivity index (χ1v) is 8.29. The van der Waals surface area contributed by atoms with E-state index >= 15 is 0 Å². The molecule has 9 heteroatoms. The number of hydrogen-bond donors (Lipinski definition) is 1. The molecule has 1 aromatic rings. The minimum absolute atomic E-state index is 0.223. The van der Waals surface area contributed by atoms with Crippen molar-refractivity contribution >= 4 is 23.4 Å². The first kappa shape index (κ1) is 19.6. The van der Waals surface area contributed by atoms with Gasteiger partial charge in [0.1, 0.15) is 11.4 Å². The van der Waals surface area contributed by atoms with Crippen molar-refractivity contribution in [2.45, 2.75) is 39.2 Å². The fraction of sp³-hybridized carbons (Fsp3) is 0.529. The summed E-state index contributed by atoms with van der Waals surface area (Å²) < 4.78 is 19.1. The quantitative estimate of drug-likeness (QED) is 0.652. The molecule has 0 radical (unpaired) electrons. The number of hydrogen-bond acceptors (Lipinski definition) is 5. The lowest BCUT2D eigenvalue weighted by Crippen LogP contribution is -2.43. The van der Waals surface area contributed by atoms with E-state index in [0.717, 1.165) is 18.2 Å². The molecule has 142 valence electrons. The Bertz CT molecular complexity index is 709. The van der Waals surface area contributed by atoms with Crippen molar-refractivity contribution in [3.8, 4) is 0 Å². The molecule has 1 N–H and O–H groups in total. The molecule has 0 bridgehead atoms. The Hall–Kier alpha value is -2.71. The Balaban J connectivity index is 1.94. The number of nitrogens with one attached hydrogen (secondary N) is 1. The lowest BCUT2D eigenvalue weighted by Gasteiger charge is -2.32. The van der Waals surface area contributed by atoms with Gasteiger partial charge in [0.2, 0.25) is 5.91 Å². The molecule has 0 unspecified atom stereocenters. The number of likely N-dealkylation sites (tertiary alicyclic amines) is 1. The molecule has 1 saturated heterocycles. The van der Waals surface area contributed by atoms with E-state index in [0.29, 0.717) is 25.9 Å². The number of non-ortho nitro benzene ring substituents is 1. The van der Waals surface area contributed by atoms with Crippen molar-refractivity contribution in [1.82, 2.24) is 4.90 Å². The Labute approximate surface area is 150 Å². The van der Waals surface area contributed by atoms with Gasteiger partial charge in [-0.25, -0.2) is 9.18 Å². The van der Waals surface area contributed by atoms with Gasteiger partial charge in [0.15, 0.2) is 0 Å². The number of benzene rings is 1. The van der Waals surface area contributed by atoms with Gasteiger partial charge in [-0.3, -0.25) is 14.9 Å². The van der Waals surface area contributed by atoms with E-state index in [2.05, 4.69) is 5.32 Å². The Morgan fingerprint density at radius 3 is 2.46 bits per heavy atom. The van der Waals surface area contributed by atoms with Crippen LogP contribution in [-0.4, -0.2) is 40.5 Å². The average Bonchev–Trinajstić information content (AvgIpc) is 2.55. The number of halogens is 1. The molecule has 0 spiro atoms. The third kappa shape index (κ3) is 5.14. The Morgan fingerprint density at radius 2 is 1.92 bits per heavy atom. The van der Waals surface area contributed by atoms with Gasteiger partial charge >= 0.3 is 6.09 Å². The lowest BCUT2D eigenvalue weighted by atomic mass is 9.96. The van der Waals surface area contributed by atoms with Gasteiger partial charge in [-0.1, -0.05) is 0 Å². The van der Waals surface area contributed by atoms with Crippen LogP contribution in [0.5, 0.6) is 0 Å². The number of rotatable bonds is 3. The fourth-order valence-electron chi connectivity index (χ4n) is 2.61. The van der Waals surface area contributed by atoms with Crippen LogP contribution in [0.25, 0.3) is 0 Å². The van der Waals surface area contributed by atoms with Gasteiger partial charge in [0.25, 0.3) is 5.69 Å². The smallest absolute Gasteiger partial charge is 0.410 e. The zero-order chi connectivity index (χ0) is 19.5. The van der Waals surface area contributed by atoms with E-state index in [1.807, 2.05) is 0 Å². The first-order valence-electron chi connectivity index (χ1n) is 8.29. The molecular formula is C17H22FN3O5. The molecular weight excluding hydrogens is 345 g/mol. The van der Waals surface area contributed by atoms with E-state index in [-0.39, 0.29) is 11.4 Å². The number of nitrogens with zero attached hydrogens (tertiary/aromatic N) is 2. The maximum atomic E-state index is 13.8. The monoisotopic (exact) mass is 367 g/mol. The molecule has 2 rings (SSSR count). The summed E-state index contributed by atoms with van der Waals surface area (Å²) >= 11 is 0. The summed E-state index contributed by atoms with van der Waals surface area (Å²) in [5.41, 5.74) is -1.12. The number of piperidine rings is 1. The van der Waals surface area contributed by atoms with Crippen LogP contribution in [0, 0.1) is 21.8 Å². The molecule has 1 heterocycles. The van der Waals surface area contributed by atoms with Gasteiger partial charge in [0.05, 0.1) is 10.6 Å². The van der Waals surface area contributed by atoms with Crippen LogP contribution in [0.4, 0.5) is 20.6 Å². The zero-order valence-electron chi connectivity index (χ0n) is 15.0. The average molecular weight is 367 g/mol. The summed E-state index contributed by atoms with van der Waals surface area (Å²) in [6.45, 7) is 6.03. The maximum Gasteiger partial charge on any atom is 0.410 e. The van der Waals surface area contributed by atoms with Crippen molar-refractivity contribution in [1.29, 1.82) is 0 Å². The van der Waals surface area contributed by atoms with Crippen molar-refractivity contribution in [2.24, 2.45) is 5.92 Å². The van der Waals surface area contributed by atoms with Crippen LogP contribution in [0.3, 0.4) is 0 Å². The van der Waals surface area contributed by atoms with Crippen LogP contribution in [0.15, 0.2) is 18.2 Å². The van der Waals surface area contributed by atoms with E-state index in [1.54, 1.807) is 20.8 Å². The zero-order valence-corrected chi connectivity index (χ0v) is 15.0. The van der Waals surface area contributed by atoms with Gasteiger partial charge in [-0.05, 0) is 39.7 Å². The summed E-state index contributed by atoms with van der Waals surface area (Å²) in [6, 6.07) is 2.96. The van der Waals surface area contributed by atoms with E-state index in [4.69, 9.17) is 4.74 Å². The SMILES string of the molecule is CC(C)(C)OC(=O)N1CCC(C(=O)Nc2cc([N+](=O)[O-])ccc2F)CC1. The highest BCUT2D eigenvalue weighted by Gasteiger charge is 2.30. The summed E-state index contributed by atoms with van der Waals surface area (Å²) in [4.78, 5) is 36.0. The van der Waals surface area contributed by atoms with Crippen molar-refractivity contribution in [2.75, 3.05) is 18.4 Å². The largest absolute Gasteiger partial charge is 0.444 e. The minimum atomic E-state index is -0.741. The fourth-order valence-corrected chi connectivity index (χ4v) is 2.61. The van der Waals surface area contributed by atoms with Crippen molar-refractivity contribution in [3.63, 3.8) is 0 Å². The summed E-state index contributed by atoms with van der Waals surface area (Å²) in [6.07, 6.45) is 0.379. The van der Waals surface area contributed by atoms with Gasteiger partial charge in [0, 0.05) is 31.1 Å². The highest BCUT2D eigenvalue weighted by atomic mass is 19.1. The van der Waals surface area contributed by atoms with E-state index in [9.17, 15) is 24.1 Å². The molecule has 0 aromatic heterocycles. The number of carbonyl (C=O) groups is 2. The summed E-state index contributed by atoms with van der Waals surface area (Å²) in [7, 11) is 0. The van der Waals surface area contributed by atoms with E-state index in [1.165, 1.54) is 4.90 Å². The summed E-state index contributed by atoms with van der Waals surface area (Å²) in [5, 5.41) is 13.2. The highest BCUT2D eigenvalue weighted by molar-refractivity contribution is 5.93. The molecule has 0 atom stereocenters. The minimum Gasteiger partial charge on any atom is -0.444 e. The van der Waals surface area contributed by atoms with E-state index < -0.39 is 34.3 Å². The van der Waals surface area contributed by atoms with Crippen molar-refractivity contribution < 1.29 is 23.6 Å². The second kappa shape index (κ2) is 7.67. The second-order valence-electron chi connectivity index (χ2n) is 7.15. The van der Waals surface area contributed by atoms with Gasteiger partial charge in [-0.15, -0.1) is 0 Å². The van der Waals surface area contributed by atoms with Crippen LogP contribution in [-0.2, 0) is 9.53 Å². The Kier molecular flexibility index (Phi) is 5.79.